The molecule has 1 aliphatic heterocycles. The van der Waals surface area contributed by atoms with Crippen LogP contribution in [-0.2, 0) is 0 Å². The molecule has 0 saturated carbocycles. The van der Waals surface area contributed by atoms with E-state index < -0.39 is 0 Å². The fraction of sp³-hybridized carbons (Fsp3) is 0.217. The summed E-state index contributed by atoms with van der Waals surface area (Å²) in [6.07, 6.45) is 0. The number of nitrogens with one attached hydrogen (secondary N) is 1. The highest BCUT2D eigenvalue weighted by atomic mass is 19.1. The van der Waals surface area contributed by atoms with Gasteiger partial charge < -0.3 is 9.80 Å². The number of rotatable bonds is 3. The number of quaternary nitrogens is 1. The Balaban J connectivity index is 1.65. The van der Waals surface area contributed by atoms with E-state index in [1.807, 2.05) is 28.8 Å². The number of anilines is 1. The molecule has 2 aromatic heterocycles. The molecule has 146 valence electrons. The molecule has 1 fully saturated rings. The van der Waals surface area contributed by atoms with Crippen molar-refractivity contribution in [3.63, 3.8) is 0 Å². The van der Waals surface area contributed by atoms with E-state index in [1.165, 1.54) is 12.1 Å². The number of piperazine rings is 1. The zero-order valence-corrected chi connectivity index (χ0v) is 16.3. The predicted octanol–water partition coefficient (Wildman–Crippen LogP) is 2.54. The van der Waals surface area contributed by atoms with Crippen LogP contribution in [0.2, 0.25) is 0 Å². The first kappa shape index (κ1) is 17.8. The second kappa shape index (κ2) is 7.29. The molecule has 0 bridgehead atoms. The summed E-state index contributed by atoms with van der Waals surface area (Å²) in [6.45, 7) is 4.14. The molecule has 0 aliphatic carbocycles. The molecule has 0 radical (unpaired) electrons. The quantitative estimate of drug-likeness (QED) is 0.586. The summed E-state index contributed by atoms with van der Waals surface area (Å²) in [5, 5.41) is 4.82. The second-order valence-electron chi connectivity index (χ2n) is 7.62. The molecule has 3 heterocycles. The van der Waals surface area contributed by atoms with Crippen molar-refractivity contribution in [1.29, 1.82) is 0 Å². The lowest BCUT2D eigenvalue weighted by Gasteiger charge is -2.31. The molecule has 0 spiro atoms. The van der Waals surface area contributed by atoms with Crippen LogP contribution in [0.4, 0.5) is 10.2 Å². The minimum atomic E-state index is -0.248. The average Bonchev–Trinajstić information content (AvgIpc) is 3.19. The Morgan fingerprint density at radius 1 is 0.862 bits per heavy atom. The van der Waals surface area contributed by atoms with Crippen LogP contribution in [0.5, 0.6) is 0 Å². The molecule has 1 N–H and O–H groups in total. The summed E-state index contributed by atoms with van der Waals surface area (Å²) in [5.74, 6) is 0.803. The van der Waals surface area contributed by atoms with Crippen molar-refractivity contribution in [2.45, 2.75) is 0 Å². The van der Waals surface area contributed by atoms with Gasteiger partial charge in [-0.15, -0.1) is 0 Å². The normalized spacial score (nSPS) is 15.2. The summed E-state index contributed by atoms with van der Waals surface area (Å²) in [5.41, 5.74) is 4.49. The van der Waals surface area contributed by atoms with Gasteiger partial charge in [-0.1, -0.05) is 30.3 Å². The van der Waals surface area contributed by atoms with E-state index in [4.69, 9.17) is 10.1 Å². The van der Waals surface area contributed by atoms with Gasteiger partial charge in [0.05, 0.1) is 44.6 Å². The molecule has 29 heavy (non-hydrogen) atoms. The Morgan fingerprint density at radius 2 is 1.55 bits per heavy atom. The molecule has 0 unspecified atom stereocenters. The van der Waals surface area contributed by atoms with Crippen LogP contribution in [-0.4, -0.2) is 47.8 Å². The highest BCUT2D eigenvalue weighted by Crippen LogP contribution is 2.27. The minimum Gasteiger partial charge on any atom is -0.345 e. The van der Waals surface area contributed by atoms with Crippen LogP contribution in [0.25, 0.3) is 28.2 Å². The highest BCUT2D eigenvalue weighted by molar-refractivity contribution is 5.71. The highest BCUT2D eigenvalue weighted by Gasteiger charge is 2.21. The van der Waals surface area contributed by atoms with Gasteiger partial charge in [0.2, 0.25) is 0 Å². The van der Waals surface area contributed by atoms with Gasteiger partial charge in [-0.2, -0.15) is 9.61 Å². The van der Waals surface area contributed by atoms with Crippen LogP contribution in [0.3, 0.4) is 0 Å². The van der Waals surface area contributed by atoms with Crippen molar-refractivity contribution in [3.8, 4) is 22.5 Å². The molecule has 4 aromatic rings. The fourth-order valence-corrected chi connectivity index (χ4v) is 3.82. The van der Waals surface area contributed by atoms with Crippen LogP contribution < -0.4 is 9.80 Å². The SMILES string of the molecule is C[NH+]1CCN(c2cc(-c3ccccc3)nc3cc(-c4ccc(F)cc4)nn23)CC1. The molecule has 2 aromatic carbocycles. The Morgan fingerprint density at radius 3 is 2.28 bits per heavy atom. The van der Waals surface area contributed by atoms with Crippen molar-refractivity contribution < 1.29 is 9.29 Å². The standard InChI is InChI=1S/C23H22FN5/c1-27-11-13-28(14-12-27)23-16-20(17-5-3-2-4-6-17)25-22-15-21(26-29(22)23)18-7-9-19(24)10-8-18/h2-10,15-16H,11-14H2,1H3/p+1. The summed E-state index contributed by atoms with van der Waals surface area (Å²) in [7, 11) is 2.23. The molecule has 0 atom stereocenters. The van der Waals surface area contributed by atoms with Gasteiger partial charge in [0.1, 0.15) is 11.6 Å². The third-order valence-corrected chi connectivity index (χ3v) is 5.56. The van der Waals surface area contributed by atoms with E-state index in [2.05, 4.69) is 30.1 Å². The summed E-state index contributed by atoms with van der Waals surface area (Å²) in [4.78, 5) is 8.80. The smallest absolute Gasteiger partial charge is 0.158 e. The predicted molar refractivity (Wildman–Crippen MR) is 113 cm³/mol. The van der Waals surface area contributed by atoms with Crippen molar-refractivity contribution in [3.05, 3.63) is 72.5 Å². The van der Waals surface area contributed by atoms with E-state index in [9.17, 15) is 4.39 Å². The maximum Gasteiger partial charge on any atom is 0.158 e. The van der Waals surface area contributed by atoms with Crippen LogP contribution in [0.1, 0.15) is 0 Å². The first-order valence-electron chi connectivity index (χ1n) is 9.96. The zero-order valence-electron chi connectivity index (χ0n) is 16.3. The number of nitrogens with zero attached hydrogens (tertiary/aromatic N) is 4. The Kier molecular flexibility index (Phi) is 4.48. The van der Waals surface area contributed by atoms with Crippen molar-refractivity contribution >= 4 is 11.5 Å². The molecular formula is C23H23FN5+. The van der Waals surface area contributed by atoms with Crippen molar-refractivity contribution in [2.24, 2.45) is 0 Å². The molecule has 5 rings (SSSR count). The lowest BCUT2D eigenvalue weighted by molar-refractivity contribution is -0.880. The monoisotopic (exact) mass is 388 g/mol. The molecule has 0 amide bonds. The molecular weight excluding hydrogens is 365 g/mol. The van der Waals surface area contributed by atoms with Gasteiger partial charge in [-0.3, -0.25) is 0 Å². The Labute approximate surface area is 169 Å². The van der Waals surface area contributed by atoms with Gasteiger partial charge in [0.25, 0.3) is 0 Å². The lowest BCUT2D eigenvalue weighted by Crippen LogP contribution is -3.12. The largest absolute Gasteiger partial charge is 0.345 e. The maximum absolute atomic E-state index is 13.3. The number of halogens is 1. The number of benzene rings is 2. The first-order chi connectivity index (χ1) is 14.2. The van der Waals surface area contributed by atoms with E-state index in [0.717, 1.165) is 60.2 Å². The third kappa shape index (κ3) is 3.47. The fourth-order valence-electron chi connectivity index (χ4n) is 3.82. The van der Waals surface area contributed by atoms with Crippen molar-refractivity contribution in [1.82, 2.24) is 14.6 Å². The minimum absolute atomic E-state index is 0.248. The number of hydrogen-bond donors (Lipinski definition) is 1. The summed E-state index contributed by atoms with van der Waals surface area (Å²) >= 11 is 0. The van der Waals surface area contributed by atoms with Gasteiger partial charge in [0, 0.05) is 23.3 Å². The summed E-state index contributed by atoms with van der Waals surface area (Å²) < 4.78 is 15.3. The average molecular weight is 388 g/mol. The number of likely N-dealkylation sites (N-methyl/N-ethyl adjacent to an activating group) is 1. The van der Waals surface area contributed by atoms with Crippen LogP contribution >= 0.6 is 0 Å². The van der Waals surface area contributed by atoms with Gasteiger partial charge in [-0.05, 0) is 24.3 Å². The topological polar surface area (TPSA) is 37.9 Å². The molecule has 1 aliphatic rings. The van der Waals surface area contributed by atoms with Crippen molar-refractivity contribution in [2.75, 3.05) is 38.1 Å². The molecule has 1 saturated heterocycles. The van der Waals surface area contributed by atoms with Crippen LogP contribution in [0.15, 0.2) is 66.7 Å². The zero-order chi connectivity index (χ0) is 19.8. The second-order valence-corrected chi connectivity index (χ2v) is 7.62. The van der Waals surface area contributed by atoms with Crippen LogP contribution in [0, 0.1) is 5.82 Å². The maximum atomic E-state index is 13.3. The van der Waals surface area contributed by atoms with E-state index in [-0.39, 0.29) is 5.82 Å². The third-order valence-electron chi connectivity index (χ3n) is 5.56. The first-order valence-corrected chi connectivity index (χ1v) is 9.96. The number of fused-ring (bicyclic) bond motifs is 1. The van der Waals surface area contributed by atoms with E-state index in [1.54, 1.807) is 17.0 Å². The van der Waals surface area contributed by atoms with Gasteiger partial charge in [0.15, 0.2) is 5.65 Å². The Hall–Kier alpha value is -3.25. The van der Waals surface area contributed by atoms with E-state index >= 15 is 0 Å². The number of hydrogen-bond acceptors (Lipinski definition) is 3. The molecule has 6 heteroatoms. The summed E-state index contributed by atoms with van der Waals surface area (Å²) in [6, 6.07) is 20.8. The van der Waals surface area contributed by atoms with E-state index in [0.29, 0.717) is 0 Å². The van der Waals surface area contributed by atoms with Gasteiger partial charge in [-0.25, -0.2) is 9.37 Å². The Bertz CT molecular complexity index is 1130. The lowest BCUT2D eigenvalue weighted by atomic mass is 10.1. The molecule has 5 nitrogen and oxygen atoms in total. The van der Waals surface area contributed by atoms with Gasteiger partial charge >= 0.3 is 0 Å². The number of aromatic nitrogens is 3.